The van der Waals surface area contributed by atoms with Crippen molar-refractivity contribution in [3.63, 3.8) is 0 Å². The van der Waals surface area contributed by atoms with Gasteiger partial charge in [-0.1, -0.05) is 6.58 Å². The second kappa shape index (κ2) is 7.88. The zero-order valence-electron chi connectivity index (χ0n) is 10.4. The van der Waals surface area contributed by atoms with E-state index in [-0.39, 0.29) is 5.56 Å². The molecule has 1 rings (SSSR count). The Balaban J connectivity index is 2.23. The first-order valence-corrected chi connectivity index (χ1v) is 5.79. The summed E-state index contributed by atoms with van der Waals surface area (Å²) in [7, 11) is 0. The van der Waals surface area contributed by atoms with E-state index in [2.05, 4.69) is 6.58 Å². The third kappa shape index (κ3) is 5.21. The number of carbonyl (C=O) groups excluding carboxylic acids is 1. The van der Waals surface area contributed by atoms with Gasteiger partial charge < -0.3 is 9.47 Å². The normalized spacial score (nSPS) is 9.47. The SMILES string of the molecule is C=CC(=O)OCCCCOc1ccc(C#N)c(F)c1. The minimum atomic E-state index is -0.597. The Hall–Kier alpha value is -2.35. The number of carbonyl (C=O) groups is 1. The molecule has 0 aliphatic rings. The van der Waals surface area contributed by atoms with Crippen molar-refractivity contribution in [1.29, 1.82) is 5.26 Å². The van der Waals surface area contributed by atoms with Crippen LogP contribution in [-0.2, 0) is 9.53 Å². The van der Waals surface area contributed by atoms with Gasteiger partial charge in [0.1, 0.15) is 17.6 Å². The van der Waals surface area contributed by atoms with Crippen molar-refractivity contribution < 1.29 is 18.7 Å². The van der Waals surface area contributed by atoms with E-state index in [4.69, 9.17) is 14.7 Å². The molecule has 0 unspecified atom stereocenters. The summed E-state index contributed by atoms with van der Waals surface area (Å²) in [5.74, 6) is -0.672. The quantitative estimate of drug-likeness (QED) is 0.431. The lowest BCUT2D eigenvalue weighted by Gasteiger charge is -2.06. The highest BCUT2D eigenvalue weighted by Gasteiger charge is 2.03. The summed E-state index contributed by atoms with van der Waals surface area (Å²) in [5.41, 5.74) is -0.0105. The monoisotopic (exact) mass is 263 g/mol. The number of unbranched alkanes of at least 4 members (excludes halogenated alkanes) is 1. The molecule has 0 aliphatic heterocycles. The highest BCUT2D eigenvalue weighted by atomic mass is 19.1. The minimum Gasteiger partial charge on any atom is -0.493 e. The van der Waals surface area contributed by atoms with Crippen LogP contribution in [0.2, 0.25) is 0 Å². The summed E-state index contributed by atoms with van der Waals surface area (Å²) in [6, 6.07) is 5.82. The summed E-state index contributed by atoms with van der Waals surface area (Å²) in [6.07, 6.45) is 2.43. The number of esters is 1. The van der Waals surface area contributed by atoms with Crippen LogP contribution in [0.1, 0.15) is 18.4 Å². The lowest BCUT2D eigenvalue weighted by Crippen LogP contribution is -2.04. The largest absolute Gasteiger partial charge is 0.493 e. The molecule has 0 amide bonds. The fourth-order valence-electron chi connectivity index (χ4n) is 1.30. The van der Waals surface area contributed by atoms with Crippen LogP contribution in [0.3, 0.4) is 0 Å². The molecule has 0 atom stereocenters. The highest BCUT2D eigenvalue weighted by molar-refractivity contribution is 5.81. The molecule has 5 heteroatoms. The average Bonchev–Trinajstić information content (AvgIpc) is 2.42. The van der Waals surface area contributed by atoms with Crippen molar-refractivity contribution in [3.8, 4) is 11.8 Å². The molecule has 1 aromatic carbocycles. The first-order valence-electron chi connectivity index (χ1n) is 5.79. The summed E-state index contributed by atoms with van der Waals surface area (Å²) in [6.45, 7) is 3.97. The topological polar surface area (TPSA) is 59.3 Å². The van der Waals surface area contributed by atoms with Gasteiger partial charge in [-0.25, -0.2) is 9.18 Å². The molecule has 19 heavy (non-hydrogen) atoms. The van der Waals surface area contributed by atoms with Gasteiger partial charge in [-0.15, -0.1) is 0 Å². The molecule has 0 bridgehead atoms. The maximum Gasteiger partial charge on any atom is 0.330 e. The fraction of sp³-hybridized carbons (Fsp3) is 0.286. The zero-order valence-corrected chi connectivity index (χ0v) is 10.4. The van der Waals surface area contributed by atoms with Crippen molar-refractivity contribution in [2.75, 3.05) is 13.2 Å². The van der Waals surface area contributed by atoms with Crippen molar-refractivity contribution >= 4 is 5.97 Å². The van der Waals surface area contributed by atoms with Crippen molar-refractivity contribution in [3.05, 3.63) is 42.2 Å². The molecule has 0 aliphatic carbocycles. The first-order chi connectivity index (χ1) is 9.17. The lowest BCUT2D eigenvalue weighted by molar-refractivity contribution is -0.137. The molecule has 100 valence electrons. The van der Waals surface area contributed by atoms with Gasteiger partial charge in [-0.2, -0.15) is 5.26 Å². The molecule has 0 spiro atoms. The van der Waals surface area contributed by atoms with E-state index in [9.17, 15) is 9.18 Å². The number of hydrogen-bond donors (Lipinski definition) is 0. The Bertz CT molecular complexity index is 494. The smallest absolute Gasteiger partial charge is 0.330 e. The Kier molecular flexibility index (Phi) is 6.10. The second-order valence-corrected chi connectivity index (χ2v) is 3.68. The lowest BCUT2D eigenvalue weighted by atomic mass is 10.2. The molecule has 0 saturated heterocycles. The third-order valence-electron chi connectivity index (χ3n) is 2.28. The Morgan fingerprint density at radius 2 is 2.16 bits per heavy atom. The third-order valence-corrected chi connectivity index (χ3v) is 2.28. The maximum absolute atomic E-state index is 13.2. The van der Waals surface area contributed by atoms with Crippen LogP contribution in [-0.4, -0.2) is 19.2 Å². The number of hydrogen-bond acceptors (Lipinski definition) is 4. The molecular formula is C14H14FNO3. The van der Waals surface area contributed by atoms with Crippen LogP contribution in [0.5, 0.6) is 5.75 Å². The Morgan fingerprint density at radius 1 is 1.42 bits per heavy atom. The van der Waals surface area contributed by atoms with Gasteiger partial charge in [0.05, 0.1) is 18.8 Å². The molecule has 0 heterocycles. The molecule has 4 nitrogen and oxygen atoms in total. The summed E-state index contributed by atoms with van der Waals surface area (Å²) in [4.78, 5) is 10.7. The predicted molar refractivity (Wildman–Crippen MR) is 67.0 cm³/mol. The van der Waals surface area contributed by atoms with E-state index in [0.717, 1.165) is 6.08 Å². The van der Waals surface area contributed by atoms with Crippen molar-refractivity contribution in [1.82, 2.24) is 0 Å². The van der Waals surface area contributed by atoms with Crippen LogP contribution in [0.15, 0.2) is 30.9 Å². The van der Waals surface area contributed by atoms with Crippen LogP contribution in [0, 0.1) is 17.1 Å². The van der Waals surface area contributed by atoms with E-state index in [1.807, 2.05) is 0 Å². The van der Waals surface area contributed by atoms with Gasteiger partial charge in [0.25, 0.3) is 0 Å². The van der Waals surface area contributed by atoms with Gasteiger partial charge in [-0.05, 0) is 25.0 Å². The van der Waals surface area contributed by atoms with E-state index < -0.39 is 11.8 Å². The number of benzene rings is 1. The number of rotatable bonds is 7. The first kappa shape index (κ1) is 14.7. The van der Waals surface area contributed by atoms with Crippen LogP contribution >= 0.6 is 0 Å². The summed E-state index contributed by atoms with van der Waals surface area (Å²) < 4.78 is 23.3. The maximum atomic E-state index is 13.2. The molecule has 0 fully saturated rings. The molecule has 0 N–H and O–H groups in total. The number of ether oxygens (including phenoxy) is 2. The van der Waals surface area contributed by atoms with Gasteiger partial charge >= 0.3 is 5.97 Å². The molecule has 0 radical (unpaired) electrons. The number of nitriles is 1. The Labute approximate surface area is 111 Å². The van der Waals surface area contributed by atoms with Gasteiger partial charge in [-0.3, -0.25) is 0 Å². The van der Waals surface area contributed by atoms with Gasteiger partial charge in [0.2, 0.25) is 0 Å². The van der Waals surface area contributed by atoms with E-state index >= 15 is 0 Å². The van der Waals surface area contributed by atoms with Crippen molar-refractivity contribution in [2.45, 2.75) is 12.8 Å². The van der Waals surface area contributed by atoms with Crippen LogP contribution in [0.4, 0.5) is 4.39 Å². The standard InChI is InChI=1S/C14H14FNO3/c1-2-14(17)19-8-4-3-7-18-12-6-5-11(10-16)13(15)9-12/h2,5-6,9H,1,3-4,7-8H2. The van der Waals surface area contributed by atoms with E-state index in [1.165, 1.54) is 12.1 Å². The minimum absolute atomic E-state index is 0.0105. The van der Waals surface area contributed by atoms with Crippen LogP contribution in [0.25, 0.3) is 0 Å². The fourth-order valence-corrected chi connectivity index (χ4v) is 1.30. The number of halogens is 1. The van der Waals surface area contributed by atoms with E-state index in [1.54, 1.807) is 12.1 Å². The second-order valence-electron chi connectivity index (χ2n) is 3.68. The summed E-state index contributed by atoms with van der Waals surface area (Å²) in [5, 5.41) is 8.57. The van der Waals surface area contributed by atoms with E-state index in [0.29, 0.717) is 31.8 Å². The number of nitrogens with zero attached hydrogens (tertiary/aromatic N) is 1. The molecule has 0 saturated carbocycles. The molecule has 0 aromatic heterocycles. The van der Waals surface area contributed by atoms with Crippen LogP contribution < -0.4 is 4.74 Å². The average molecular weight is 263 g/mol. The predicted octanol–water partition coefficient (Wildman–Crippen LogP) is 2.59. The van der Waals surface area contributed by atoms with Gasteiger partial charge in [0, 0.05) is 12.1 Å². The summed E-state index contributed by atoms with van der Waals surface area (Å²) >= 11 is 0. The molecular weight excluding hydrogens is 249 g/mol. The Morgan fingerprint density at radius 3 is 2.79 bits per heavy atom. The molecule has 1 aromatic rings. The van der Waals surface area contributed by atoms with Crippen molar-refractivity contribution in [2.24, 2.45) is 0 Å². The highest BCUT2D eigenvalue weighted by Crippen LogP contribution is 2.16. The van der Waals surface area contributed by atoms with Gasteiger partial charge in [0.15, 0.2) is 0 Å². The zero-order chi connectivity index (χ0) is 14.1.